The van der Waals surface area contributed by atoms with Crippen LogP contribution in [-0.2, 0) is 0 Å². The van der Waals surface area contributed by atoms with E-state index in [1.165, 1.54) is 12.1 Å². The molecule has 9 nitrogen and oxygen atoms in total. The van der Waals surface area contributed by atoms with Gasteiger partial charge in [-0.15, -0.1) is 0 Å². The normalized spacial score (nSPS) is 10.2. The summed E-state index contributed by atoms with van der Waals surface area (Å²) in [6.07, 6.45) is 0. The van der Waals surface area contributed by atoms with Gasteiger partial charge in [-0.25, -0.2) is 0 Å². The maximum Gasteiger partial charge on any atom is 0.311 e. The predicted octanol–water partition coefficient (Wildman–Crippen LogP) is 4.51. The van der Waals surface area contributed by atoms with Gasteiger partial charge in [0, 0.05) is 28.6 Å². The number of hydrogen-bond donors (Lipinski definition) is 2. The van der Waals surface area contributed by atoms with E-state index in [9.17, 15) is 19.7 Å². The molecular formula is C23H21N3O6. The lowest BCUT2D eigenvalue weighted by Gasteiger charge is -2.09. The number of rotatable bonds is 8. The smallest absolute Gasteiger partial charge is 0.311 e. The Morgan fingerprint density at radius 2 is 1.41 bits per heavy atom. The number of nitrogens with zero attached hydrogens (tertiary/aromatic N) is 1. The van der Waals surface area contributed by atoms with Crippen LogP contribution in [-0.4, -0.2) is 30.5 Å². The average Bonchev–Trinajstić information content (AvgIpc) is 2.80. The topological polar surface area (TPSA) is 120 Å². The van der Waals surface area contributed by atoms with Crippen LogP contribution in [0, 0.1) is 10.1 Å². The molecule has 0 aromatic heterocycles. The number of carbonyl (C=O) groups is 2. The molecule has 3 aromatic rings. The Labute approximate surface area is 184 Å². The Kier molecular flexibility index (Phi) is 7.02. The molecule has 0 aliphatic carbocycles. The van der Waals surface area contributed by atoms with E-state index in [4.69, 9.17) is 9.47 Å². The molecule has 164 valence electrons. The molecule has 0 saturated carbocycles. The van der Waals surface area contributed by atoms with Gasteiger partial charge in [-0.3, -0.25) is 19.7 Å². The maximum absolute atomic E-state index is 12.5. The van der Waals surface area contributed by atoms with E-state index >= 15 is 0 Å². The molecule has 0 atom stereocenters. The van der Waals surface area contributed by atoms with E-state index in [0.29, 0.717) is 22.7 Å². The summed E-state index contributed by atoms with van der Waals surface area (Å²) in [5.74, 6) is -0.0519. The molecule has 0 saturated heterocycles. The quantitative estimate of drug-likeness (QED) is 0.397. The summed E-state index contributed by atoms with van der Waals surface area (Å²) < 4.78 is 10.3. The van der Waals surface area contributed by atoms with Crippen molar-refractivity contribution in [1.29, 1.82) is 0 Å². The van der Waals surface area contributed by atoms with E-state index < -0.39 is 10.8 Å². The summed E-state index contributed by atoms with van der Waals surface area (Å²) in [6, 6.07) is 17.2. The fraction of sp³-hybridized carbons (Fsp3) is 0.130. The molecule has 0 aliphatic heterocycles. The van der Waals surface area contributed by atoms with Crippen molar-refractivity contribution in [3.8, 4) is 11.5 Å². The highest BCUT2D eigenvalue weighted by molar-refractivity contribution is 6.06. The van der Waals surface area contributed by atoms with Crippen LogP contribution < -0.4 is 20.1 Å². The summed E-state index contributed by atoms with van der Waals surface area (Å²) in [4.78, 5) is 35.6. The van der Waals surface area contributed by atoms with Gasteiger partial charge in [0.05, 0.1) is 18.6 Å². The molecular weight excluding hydrogens is 414 g/mol. The monoisotopic (exact) mass is 435 g/mol. The summed E-state index contributed by atoms with van der Waals surface area (Å²) in [5, 5.41) is 16.7. The highest BCUT2D eigenvalue weighted by Gasteiger charge is 2.19. The third-order valence-electron chi connectivity index (χ3n) is 4.47. The Hall–Kier alpha value is -4.40. The standard InChI is InChI=1S/C23H21N3O6/c1-3-32-21-13-6-16(14-20(21)26(29)30)23(28)25-17-7-4-15(5-8-17)22(27)24-18-9-11-19(31-2)12-10-18/h4-14H,3H2,1-2H3,(H,24,27)(H,25,28). The fourth-order valence-electron chi connectivity index (χ4n) is 2.86. The number of anilines is 2. The zero-order valence-corrected chi connectivity index (χ0v) is 17.5. The van der Waals surface area contributed by atoms with E-state index in [1.807, 2.05) is 0 Å². The van der Waals surface area contributed by atoms with Crippen LogP contribution >= 0.6 is 0 Å². The predicted molar refractivity (Wildman–Crippen MR) is 120 cm³/mol. The molecule has 32 heavy (non-hydrogen) atoms. The molecule has 9 heteroatoms. The van der Waals surface area contributed by atoms with Gasteiger partial charge >= 0.3 is 5.69 Å². The van der Waals surface area contributed by atoms with Crippen molar-refractivity contribution in [2.45, 2.75) is 6.92 Å². The van der Waals surface area contributed by atoms with Crippen molar-refractivity contribution in [2.24, 2.45) is 0 Å². The number of nitro groups is 1. The number of benzene rings is 3. The first-order chi connectivity index (χ1) is 15.4. The van der Waals surface area contributed by atoms with Crippen molar-refractivity contribution in [3.05, 3.63) is 88.0 Å². The van der Waals surface area contributed by atoms with E-state index in [-0.39, 0.29) is 29.5 Å². The Balaban J connectivity index is 1.67. The minimum absolute atomic E-state index is 0.0984. The first-order valence-corrected chi connectivity index (χ1v) is 9.69. The lowest BCUT2D eigenvalue weighted by atomic mass is 10.1. The summed E-state index contributed by atoms with van der Waals surface area (Å²) in [7, 11) is 1.56. The zero-order chi connectivity index (χ0) is 23.1. The number of ether oxygens (including phenoxy) is 2. The Morgan fingerprint density at radius 1 is 0.875 bits per heavy atom. The van der Waals surface area contributed by atoms with Crippen molar-refractivity contribution in [1.82, 2.24) is 0 Å². The second-order valence-corrected chi connectivity index (χ2v) is 6.59. The molecule has 0 spiro atoms. The van der Waals surface area contributed by atoms with Crippen LogP contribution in [0.3, 0.4) is 0 Å². The minimum Gasteiger partial charge on any atom is -0.497 e. The van der Waals surface area contributed by atoms with Crippen molar-refractivity contribution < 1.29 is 24.0 Å². The average molecular weight is 435 g/mol. The molecule has 2 amide bonds. The van der Waals surface area contributed by atoms with E-state index in [1.54, 1.807) is 62.6 Å². The van der Waals surface area contributed by atoms with Gasteiger partial charge in [0.1, 0.15) is 5.75 Å². The van der Waals surface area contributed by atoms with Gasteiger partial charge in [0.15, 0.2) is 5.75 Å². The van der Waals surface area contributed by atoms with Crippen LogP contribution in [0.4, 0.5) is 17.1 Å². The zero-order valence-electron chi connectivity index (χ0n) is 17.5. The number of amides is 2. The van der Waals surface area contributed by atoms with Crippen molar-refractivity contribution in [3.63, 3.8) is 0 Å². The van der Waals surface area contributed by atoms with Crippen LogP contribution in [0.15, 0.2) is 66.7 Å². The third kappa shape index (κ3) is 5.39. The summed E-state index contributed by atoms with van der Waals surface area (Å²) in [5.41, 5.74) is 1.28. The summed E-state index contributed by atoms with van der Waals surface area (Å²) >= 11 is 0. The molecule has 0 aliphatic rings. The molecule has 0 radical (unpaired) electrons. The van der Waals surface area contributed by atoms with Crippen LogP contribution in [0.2, 0.25) is 0 Å². The molecule has 3 aromatic carbocycles. The van der Waals surface area contributed by atoms with Crippen LogP contribution in [0.1, 0.15) is 27.6 Å². The first kappa shape index (κ1) is 22.3. The number of nitrogens with one attached hydrogen (secondary N) is 2. The molecule has 0 fully saturated rings. The lowest BCUT2D eigenvalue weighted by molar-refractivity contribution is -0.385. The van der Waals surface area contributed by atoms with Crippen LogP contribution in [0.25, 0.3) is 0 Å². The molecule has 0 heterocycles. The van der Waals surface area contributed by atoms with Gasteiger partial charge in [-0.05, 0) is 67.6 Å². The number of methoxy groups -OCH3 is 1. The van der Waals surface area contributed by atoms with Gasteiger partial charge in [-0.1, -0.05) is 0 Å². The largest absolute Gasteiger partial charge is 0.497 e. The van der Waals surface area contributed by atoms with E-state index in [0.717, 1.165) is 6.07 Å². The third-order valence-corrected chi connectivity index (χ3v) is 4.47. The first-order valence-electron chi connectivity index (χ1n) is 9.69. The molecule has 2 N–H and O–H groups in total. The van der Waals surface area contributed by atoms with Gasteiger partial charge in [0.2, 0.25) is 0 Å². The number of hydrogen-bond acceptors (Lipinski definition) is 6. The van der Waals surface area contributed by atoms with Crippen molar-refractivity contribution >= 4 is 28.9 Å². The molecule has 0 unspecified atom stereocenters. The van der Waals surface area contributed by atoms with Gasteiger partial charge < -0.3 is 20.1 Å². The summed E-state index contributed by atoms with van der Waals surface area (Å²) in [6.45, 7) is 1.98. The number of carbonyl (C=O) groups excluding carboxylic acids is 2. The van der Waals surface area contributed by atoms with Gasteiger partial charge in [-0.2, -0.15) is 0 Å². The SMILES string of the molecule is CCOc1ccc(C(=O)Nc2ccc(C(=O)Nc3ccc(OC)cc3)cc2)cc1[N+](=O)[O-]. The highest BCUT2D eigenvalue weighted by Crippen LogP contribution is 2.28. The Bertz CT molecular complexity index is 1130. The molecule has 3 rings (SSSR count). The Morgan fingerprint density at radius 3 is 1.94 bits per heavy atom. The fourth-order valence-corrected chi connectivity index (χ4v) is 2.86. The number of nitro benzene ring substituents is 1. The maximum atomic E-state index is 12.5. The second-order valence-electron chi connectivity index (χ2n) is 6.59. The lowest BCUT2D eigenvalue weighted by Crippen LogP contribution is -2.14. The molecule has 0 bridgehead atoms. The second kappa shape index (κ2) is 10.1. The van der Waals surface area contributed by atoms with E-state index in [2.05, 4.69) is 10.6 Å². The minimum atomic E-state index is -0.599. The van der Waals surface area contributed by atoms with Crippen LogP contribution in [0.5, 0.6) is 11.5 Å². The van der Waals surface area contributed by atoms with Gasteiger partial charge in [0.25, 0.3) is 11.8 Å². The van der Waals surface area contributed by atoms with Crippen molar-refractivity contribution in [2.75, 3.05) is 24.4 Å². The highest BCUT2D eigenvalue weighted by atomic mass is 16.6.